The number of hydrogen-bond donors (Lipinski definition) is 1. The van der Waals surface area contributed by atoms with Crippen molar-refractivity contribution in [1.29, 1.82) is 0 Å². The van der Waals surface area contributed by atoms with Gasteiger partial charge in [-0.3, -0.25) is 4.79 Å². The average Bonchev–Trinajstić information content (AvgIpc) is 2.64. The molecule has 26 heavy (non-hydrogen) atoms. The summed E-state index contributed by atoms with van der Waals surface area (Å²) in [5, 5.41) is 14.4. The maximum Gasteiger partial charge on any atom is 0.190 e. The fraction of sp³-hybridized carbons (Fsp3) is 0.588. The van der Waals surface area contributed by atoms with E-state index in [1.807, 2.05) is 30.3 Å². The van der Waals surface area contributed by atoms with Gasteiger partial charge in [-0.15, -0.1) is 0 Å². The number of ketones is 1. The molecule has 0 radical (unpaired) electrons. The minimum absolute atomic E-state index is 0.0478. The van der Waals surface area contributed by atoms with E-state index in [0.717, 1.165) is 5.56 Å². The first kappa shape index (κ1) is 18.8. The highest BCUT2D eigenvalue weighted by atomic mass is 16.7. The standard InChI is InChI=1S/C17H21N3O6/c1-17(2)24-9-12(21)15(26-17)13(22)14-11(19-20-18)8-23-16(25-14)10-6-4-3-5-7-10/h3-7,11,13-16,22H,8-9H2,1-2H3/t11-,13+,14-,15-,16?/m0/s1. The number of hydrogen-bond acceptors (Lipinski definition) is 7. The SMILES string of the molecule is CC1(C)OCC(=O)[C@@H]([C@H](O)[C@H]2OC(c3ccccc3)OC[C@@H]2N=[N+]=[N-])O1. The molecule has 1 unspecified atom stereocenters. The van der Waals surface area contributed by atoms with Gasteiger partial charge in [-0.25, -0.2) is 0 Å². The molecule has 5 atom stereocenters. The molecule has 1 aromatic carbocycles. The molecule has 0 amide bonds. The molecule has 3 rings (SSSR count). The summed E-state index contributed by atoms with van der Waals surface area (Å²) in [6.45, 7) is 3.18. The Balaban J connectivity index is 1.82. The molecule has 2 saturated heterocycles. The van der Waals surface area contributed by atoms with E-state index < -0.39 is 42.2 Å². The number of carbonyl (C=O) groups is 1. The molecule has 1 N–H and O–H groups in total. The third kappa shape index (κ3) is 4.04. The predicted molar refractivity (Wildman–Crippen MR) is 88.9 cm³/mol. The van der Waals surface area contributed by atoms with Crippen molar-refractivity contribution in [3.05, 3.63) is 46.3 Å². The second kappa shape index (κ2) is 7.71. The predicted octanol–water partition coefficient (Wildman–Crippen LogP) is 1.86. The van der Waals surface area contributed by atoms with Gasteiger partial charge in [-0.05, 0) is 19.4 Å². The van der Waals surface area contributed by atoms with Crippen LogP contribution >= 0.6 is 0 Å². The first-order valence-electron chi connectivity index (χ1n) is 8.30. The van der Waals surface area contributed by atoms with Crippen LogP contribution in [0, 0.1) is 0 Å². The molecule has 140 valence electrons. The summed E-state index contributed by atoms with van der Waals surface area (Å²) in [6.07, 6.45) is -4.19. The smallest absolute Gasteiger partial charge is 0.190 e. The fourth-order valence-electron chi connectivity index (χ4n) is 2.98. The van der Waals surface area contributed by atoms with Crippen molar-refractivity contribution >= 4 is 5.78 Å². The summed E-state index contributed by atoms with van der Waals surface area (Å²) in [6, 6.07) is 8.37. The van der Waals surface area contributed by atoms with E-state index >= 15 is 0 Å². The monoisotopic (exact) mass is 363 g/mol. The molecular weight excluding hydrogens is 342 g/mol. The summed E-state index contributed by atoms with van der Waals surface area (Å²) in [7, 11) is 0. The van der Waals surface area contributed by atoms with Gasteiger partial charge in [0.25, 0.3) is 0 Å². The quantitative estimate of drug-likeness (QED) is 0.495. The molecule has 0 spiro atoms. The first-order valence-corrected chi connectivity index (χ1v) is 8.30. The van der Waals surface area contributed by atoms with Crippen LogP contribution in [0.1, 0.15) is 25.7 Å². The van der Waals surface area contributed by atoms with Crippen molar-refractivity contribution in [2.24, 2.45) is 5.11 Å². The topological polar surface area (TPSA) is 123 Å². The highest BCUT2D eigenvalue weighted by molar-refractivity contribution is 5.85. The van der Waals surface area contributed by atoms with Crippen molar-refractivity contribution in [2.75, 3.05) is 13.2 Å². The van der Waals surface area contributed by atoms with Crippen LogP contribution in [0.3, 0.4) is 0 Å². The van der Waals surface area contributed by atoms with E-state index in [9.17, 15) is 9.90 Å². The zero-order valence-corrected chi connectivity index (χ0v) is 14.5. The van der Waals surface area contributed by atoms with Gasteiger partial charge in [-0.2, -0.15) is 0 Å². The van der Waals surface area contributed by atoms with Gasteiger partial charge in [0, 0.05) is 10.5 Å². The molecule has 0 aliphatic carbocycles. The number of benzene rings is 1. The van der Waals surface area contributed by atoms with Crippen LogP contribution < -0.4 is 0 Å². The highest BCUT2D eigenvalue weighted by Crippen LogP contribution is 2.32. The van der Waals surface area contributed by atoms with Gasteiger partial charge in [0.05, 0.1) is 12.6 Å². The van der Waals surface area contributed by atoms with Gasteiger partial charge in [-0.1, -0.05) is 35.4 Å². The van der Waals surface area contributed by atoms with Crippen molar-refractivity contribution in [3.63, 3.8) is 0 Å². The lowest BCUT2D eigenvalue weighted by Gasteiger charge is -2.42. The maximum absolute atomic E-state index is 12.2. The van der Waals surface area contributed by atoms with E-state index in [1.165, 1.54) is 0 Å². The second-order valence-electron chi connectivity index (χ2n) is 6.63. The number of rotatable bonds is 4. The Labute approximate surface area is 150 Å². The first-order chi connectivity index (χ1) is 12.4. The van der Waals surface area contributed by atoms with Crippen LogP contribution in [-0.4, -0.2) is 54.2 Å². The van der Waals surface area contributed by atoms with Crippen molar-refractivity contribution < 1.29 is 28.8 Å². The van der Waals surface area contributed by atoms with Crippen LogP contribution in [-0.2, 0) is 23.7 Å². The Morgan fingerprint density at radius 1 is 1.35 bits per heavy atom. The molecule has 0 aromatic heterocycles. The van der Waals surface area contributed by atoms with Crippen LogP contribution in [0.15, 0.2) is 35.4 Å². The maximum atomic E-state index is 12.2. The van der Waals surface area contributed by atoms with Crippen molar-refractivity contribution in [1.82, 2.24) is 0 Å². The molecule has 9 heteroatoms. The summed E-state index contributed by atoms with van der Waals surface area (Å²) in [4.78, 5) is 15.0. The van der Waals surface area contributed by atoms with Gasteiger partial charge < -0.3 is 24.1 Å². The number of aliphatic hydroxyl groups is 1. The minimum Gasteiger partial charge on any atom is -0.387 e. The Bertz CT molecular complexity index is 691. The lowest BCUT2D eigenvalue weighted by Crippen LogP contribution is -2.58. The molecule has 2 fully saturated rings. The zero-order valence-electron chi connectivity index (χ0n) is 14.5. The Morgan fingerprint density at radius 2 is 2.08 bits per heavy atom. The van der Waals surface area contributed by atoms with Gasteiger partial charge in [0.1, 0.15) is 24.9 Å². The molecule has 2 aliphatic rings. The van der Waals surface area contributed by atoms with E-state index in [-0.39, 0.29) is 13.2 Å². The molecule has 2 heterocycles. The average molecular weight is 363 g/mol. The van der Waals surface area contributed by atoms with E-state index in [2.05, 4.69) is 10.0 Å². The van der Waals surface area contributed by atoms with Crippen molar-refractivity contribution in [2.45, 2.75) is 50.3 Å². The van der Waals surface area contributed by atoms with E-state index in [1.54, 1.807) is 13.8 Å². The number of ether oxygens (including phenoxy) is 4. The Hall–Kier alpha value is -2.00. The summed E-state index contributed by atoms with van der Waals surface area (Å²) < 4.78 is 22.3. The van der Waals surface area contributed by atoms with E-state index in [0.29, 0.717) is 0 Å². The second-order valence-corrected chi connectivity index (χ2v) is 6.63. The van der Waals surface area contributed by atoms with Crippen LogP contribution in [0.4, 0.5) is 0 Å². The molecule has 2 aliphatic heterocycles. The van der Waals surface area contributed by atoms with Gasteiger partial charge >= 0.3 is 0 Å². The van der Waals surface area contributed by atoms with Crippen LogP contribution in [0.2, 0.25) is 0 Å². The molecule has 1 aromatic rings. The highest BCUT2D eigenvalue weighted by Gasteiger charge is 2.46. The number of azide groups is 1. The fourth-order valence-corrected chi connectivity index (χ4v) is 2.98. The summed E-state index contributed by atoms with van der Waals surface area (Å²) >= 11 is 0. The summed E-state index contributed by atoms with van der Waals surface area (Å²) in [5.41, 5.74) is 9.55. The Kier molecular flexibility index (Phi) is 5.57. The number of Topliss-reactive ketones (excluding diaryl/α,β-unsaturated/α-hetero) is 1. The van der Waals surface area contributed by atoms with Crippen LogP contribution in [0.25, 0.3) is 10.4 Å². The van der Waals surface area contributed by atoms with Gasteiger partial charge in [0.15, 0.2) is 17.9 Å². The van der Waals surface area contributed by atoms with Gasteiger partial charge in [0.2, 0.25) is 0 Å². The summed E-state index contributed by atoms with van der Waals surface area (Å²) in [5.74, 6) is -1.42. The largest absolute Gasteiger partial charge is 0.387 e. The number of carbonyl (C=O) groups excluding carboxylic acids is 1. The lowest BCUT2D eigenvalue weighted by molar-refractivity contribution is -0.296. The zero-order chi connectivity index (χ0) is 18.7. The molecule has 0 saturated carbocycles. The molecule has 9 nitrogen and oxygen atoms in total. The minimum atomic E-state index is -1.34. The Morgan fingerprint density at radius 3 is 2.77 bits per heavy atom. The van der Waals surface area contributed by atoms with Crippen molar-refractivity contribution in [3.8, 4) is 0 Å². The third-order valence-electron chi connectivity index (χ3n) is 4.29. The number of aliphatic hydroxyl groups excluding tert-OH is 1. The van der Waals surface area contributed by atoms with E-state index in [4.69, 9.17) is 24.5 Å². The van der Waals surface area contributed by atoms with Crippen LogP contribution in [0.5, 0.6) is 0 Å². The normalized spacial score (nSPS) is 32.5. The lowest BCUT2D eigenvalue weighted by atomic mass is 9.97. The molecule has 0 bridgehead atoms. The molecular formula is C17H21N3O6. The third-order valence-corrected chi connectivity index (χ3v) is 4.29. The number of nitrogens with zero attached hydrogens (tertiary/aromatic N) is 3.